The van der Waals surface area contributed by atoms with Gasteiger partial charge in [-0.2, -0.15) is 0 Å². The van der Waals surface area contributed by atoms with Crippen LogP contribution in [0.3, 0.4) is 0 Å². The third kappa shape index (κ3) is 3.07. The minimum atomic E-state index is 0.817. The van der Waals surface area contributed by atoms with Crippen molar-refractivity contribution in [1.29, 1.82) is 0 Å². The van der Waals surface area contributed by atoms with Crippen LogP contribution in [0.15, 0.2) is 79.4 Å². The number of hydrogen-bond acceptors (Lipinski definition) is 4. The molecule has 136 valence electrons. The molecule has 0 unspecified atom stereocenters. The predicted octanol–water partition coefficient (Wildman–Crippen LogP) is 4.83. The molecule has 0 radical (unpaired) electrons. The molecule has 5 nitrogen and oxygen atoms in total. The summed E-state index contributed by atoms with van der Waals surface area (Å²) < 4.78 is 0. The van der Waals surface area contributed by atoms with E-state index in [9.17, 15) is 0 Å². The van der Waals surface area contributed by atoms with Crippen LogP contribution in [-0.2, 0) is 6.42 Å². The summed E-state index contributed by atoms with van der Waals surface area (Å²) in [7, 11) is 0. The van der Waals surface area contributed by atoms with Gasteiger partial charge < -0.3 is 10.3 Å². The largest absolute Gasteiger partial charge is 0.369 e. The predicted molar refractivity (Wildman–Crippen MR) is 113 cm³/mol. The lowest BCUT2D eigenvalue weighted by Crippen LogP contribution is -2.07. The zero-order valence-corrected chi connectivity index (χ0v) is 15.3. The molecule has 3 aromatic heterocycles. The Hall–Kier alpha value is -3.73. The number of anilines is 1. The second kappa shape index (κ2) is 7.12. The van der Waals surface area contributed by atoms with E-state index in [0.29, 0.717) is 0 Å². The highest BCUT2D eigenvalue weighted by atomic mass is 15.0. The monoisotopic (exact) mass is 365 g/mol. The van der Waals surface area contributed by atoms with Crippen molar-refractivity contribution in [2.24, 2.45) is 0 Å². The van der Waals surface area contributed by atoms with Crippen LogP contribution in [0.2, 0.25) is 0 Å². The van der Waals surface area contributed by atoms with Crippen LogP contribution in [0.25, 0.3) is 33.1 Å². The maximum atomic E-state index is 4.48. The fourth-order valence-electron chi connectivity index (χ4n) is 3.53. The van der Waals surface area contributed by atoms with Crippen molar-refractivity contribution in [1.82, 2.24) is 19.9 Å². The average Bonchev–Trinajstić information content (AvgIpc) is 3.19. The summed E-state index contributed by atoms with van der Waals surface area (Å²) in [6.45, 7) is 0.817. The summed E-state index contributed by atoms with van der Waals surface area (Å²) in [4.78, 5) is 16.5. The number of rotatable bonds is 5. The quantitative estimate of drug-likeness (QED) is 0.468. The van der Waals surface area contributed by atoms with E-state index in [-0.39, 0.29) is 0 Å². The Morgan fingerprint density at radius 1 is 0.857 bits per heavy atom. The van der Waals surface area contributed by atoms with Crippen molar-refractivity contribution < 1.29 is 0 Å². The summed E-state index contributed by atoms with van der Waals surface area (Å²) in [5, 5.41) is 5.60. The molecule has 0 amide bonds. The van der Waals surface area contributed by atoms with Crippen molar-refractivity contribution in [2.75, 3.05) is 11.9 Å². The smallest absolute Gasteiger partial charge is 0.137 e. The molecule has 5 heteroatoms. The lowest BCUT2D eigenvalue weighted by atomic mass is 10.0. The van der Waals surface area contributed by atoms with E-state index in [1.54, 1.807) is 12.5 Å². The standard InChI is InChI=1S/C23H19N5/c1-2-5-16(6-3-1)10-12-25-23-19-13-17(8-9-21(19)27-15-28-23)20-14-26-22-18(20)7-4-11-24-22/h1-9,11,13-15H,10,12H2,(H,24,26)(H,25,27,28). The van der Waals surface area contributed by atoms with Gasteiger partial charge in [0.1, 0.15) is 17.8 Å². The number of aromatic amines is 1. The number of nitrogens with zero attached hydrogens (tertiary/aromatic N) is 3. The SMILES string of the molecule is c1ccc(CCNc2ncnc3ccc(-c4c[nH]c5ncccc45)cc23)cc1. The van der Waals surface area contributed by atoms with Crippen LogP contribution in [0.1, 0.15) is 5.56 Å². The Morgan fingerprint density at radius 3 is 2.71 bits per heavy atom. The normalized spacial score (nSPS) is 11.1. The Bertz CT molecular complexity index is 1240. The van der Waals surface area contributed by atoms with Crippen molar-refractivity contribution in [3.8, 4) is 11.1 Å². The lowest BCUT2D eigenvalue weighted by Gasteiger charge is -2.10. The second-order valence-electron chi connectivity index (χ2n) is 6.72. The van der Waals surface area contributed by atoms with Gasteiger partial charge in [0.25, 0.3) is 0 Å². The van der Waals surface area contributed by atoms with Crippen LogP contribution < -0.4 is 5.32 Å². The van der Waals surface area contributed by atoms with E-state index in [1.807, 2.05) is 24.4 Å². The van der Waals surface area contributed by atoms with Crippen molar-refractivity contribution in [2.45, 2.75) is 6.42 Å². The molecule has 0 bridgehead atoms. The first-order valence-electron chi connectivity index (χ1n) is 9.33. The summed E-state index contributed by atoms with van der Waals surface area (Å²) >= 11 is 0. The molecular weight excluding hydrogens is 346 g/mol. The first kappa shape index (κ1) is 16.4. The van der Waals surface area contributed by atoms with Crippen LogP contribution in [0.5, 0.6) is 0 Å². The summed E-state index contributed by atoms with van der Waals surface area (Å²) in [6, 6.07) is 20.8. The van der Waals surface area contributed by atoms with Gasteiger partial charge in [-0.1, -0.05) is 36.4 Å². The molecule has 0 saturated carbocycles. The topological polar surface area (TPSA) is 66.5 Å². The number of nitrogens with one attached hydrogen (secondary N) is 2. The molecule has 0 saturated heterocycles. The highest BCUT2D eigenvalue weighted by molar-refractivity contribution is 5.98. The fraction of sp³-hybridized carbons (Fsp3) is 0.0870. The molecule has 0 atom stereocenters. The molecule has 0 aliphatic rings. The van der Waals surface area contributed by atoms with Crippen LogP contribution >= 0.6 is 0 Å². The Labute approximate surface area is 162 Å². The van der Waals surface area contributed by atoms with Crippen LogP contribution in [0, 0.1) is 0 Å². The van der Waals surface area contributed by atoms with Gasteiger partial charge in [0.2, 0.25) is 0 Å². The summed E-state index contributed by atoms with van der Waals surface area (Å²) in [5.41, 5.74) is 5.37. The molecule has 5 aromatic rings. The van der Waals surface area contributed by atoms with Gasteiger partial charge in [0, 0.05) is 35.3 Å². The Morgan fingerprint density at radius 2 is 1.79 bits per heavy atom. The van der Waals surface area contributed by atoms with E-state index in [1.165, 1.54) is 5.56 Å². The summed E-state index contributed by atoms with van der Waals surface area (Å²) in [5.74, 6) is 0.862. The first-order chi connectivity index (χ1) is 13.9. The van der Waals surface area contributed by atoms with E-state index in [2.05, 4.69) is 67.7 Å². The van der Waals surface area contributed by atoms with Gasteiger partial charge >= 0.3 is 0 Å². The lowest BCUT2D eigenvalue weighted by molar-refractivity contribution is 1.01. The van der Waals surface area contributed by atoms with E-state index >= 15 is 0 Å². The molecule has 28 heavy (non-hydrogen) atoms. The molecular formula is C23H19N5. The third-order valence-electron chi connectivity index (χ3n) is 4.95. The number of fused-ring (bicyclic) bond motifs is 2. The number of H-pyrrole nitrogens is 1. The first-order valence-corrected chi connectivity index (χ1v) is 9.33. The van der Waals surface area contributed by atoms with Crippen LogP contribution in [-0.4, -0.2) is 26.5 Å². The van der Waals surface area contributed by atoms with Crippen molar-refractivity contribution in [3.63, 3.8) is 0 Å². The average molecular weight is 365 g/mol. The van der Waals surface area contributed by atoms with E-state index in [4.69, 9.17) is 0 Å². The number of benzene rings is 2. The minimum absolute atomic E-state index is 0.817. The van der Waals surface area contributed by atoms with Gasteiger partial charge in [0.15, 0.2) is 0 Å². The summed E-state index contributed by atoms with van der Waals surface area (Å²) in [6.07, 6.45) is 6.36. The van der Waals surface area contributed by atoms with Gasteiger partial charge in [-0.15, -0.1) is 0 Å². The number of aromatic nitrogens is 4. The maximum Gasteiger partial charge on any atom is 0.137 e. The van der Waals surface area contributed by atoms with E-state index in [0.717, 1.165) is 51.8 Å². The highest BCUT2D eigenvalue weighted by Gasteiger charge is 2.10. The second-order valence-corrected chi connectivity index (χ2v) is 6.72. The molecule has 2 N–H and O–H groups in total. The molecule has 0 aliphatic heterocycles. The van der Waals surface area contributed by atoms with Gasteiger partial charge in [-0.3, -0.25) is 0 Å². The molecule has 3 heterocycles. The zero-order chi connectivity index (χ0) is 18.8. The minimum Gasteiger partial charge on any atom is -0.369 e. The Kier molecular flexibility index (Phi) is 4.18. The maximum absolute atomic E-state index is 4.48. The highest BCUT2D eigenvalue weighted by Crippen LogP contribution is 2.31. The molecule has 0 spiro atoms. The van der Waals surface area contributed by atoms with Gasteiger partial charge in [0.05, 0.1) is 5.52 Å². The Balaban J connectivity index is 1.48. The zero-order valence-electron chi connectivity index (χ0n) is 15.3. The number of hydrogen-bond donors (Lipinski definition) is 2. The third-order valence-corrected chi connectivity index (χ3v) is 4.95. The molecule has 0 fully saturated rings. The van der Waals surface area contributed by atoms with E-state index < -0.39 is 0 Å². The molecule has 5 rings (SSSR count). The van der Waals surface area contributed by atoms with Crippen molar-refractivity contribution in [3.05, 3.63) is 84.9 Å². The molecule has 0 aliphatic carbocycles. The van der Waals surface area contributed by atoms with Crippen LogP contribution in [0.4, 0.5) is 5.82 Å². The van der Waals surface area contributed by atoms with Gasteiger partial charge in [-0.25, -0.2) is 15.0 Å². The fourth-order valence-corrected chi connectivity index (χ4v) is 3.53. The molecule has 2 aromatic carbocycles. The number of pyridine rings is 1. The van der Waals surface area contributed by atoms with Gasteiger partial charge in [-0.05, 0) is 41.8 Å². The van der Waals surface area contributed by atoms with Crippen molar-refractivity contribution >= 4 is 27.8 Å².